The minimum atomic E-state index is -0.326. The molecule has 5 nitrogen and oxygen atoms in total. The molecule has 30 heavy (non-hydrogen) atoms. The van der Waals surface area contributed by atoms with Gasteiger partial charge in [0, 0.05) is 37.2 Å². The van der Waals surface area contributed by atoms with Crippen LogP contribution in [0.4, 0.5) is 9.18 Å². The minimum Gasteiger partial charge on any atom is -0.338 e. The van der Waals surface area contributed by atoms with Crippen molar-refractivity contribution in [2.24, 2.45) is 17.8 Å². The van der Waals surface area contributed by atoms with E-state index in [1.165, 1.54) is 25.3 Å². The molecule has 6 heteroatoms. The fourth-order valence-corrected chi connectivity index (χ4v) is 6.23. The van der Waals surface area contributed by atoms with Gasteiger partial charge in [0.15, 0.2) is 0 Å². The number of amides is 3. The van der Waals surface area contributed by atoms with E-state index < -0.39 is 0 Å². The number of rotatable bonds is 8. The highest BCUT2D eigenvalue weighted by molar-refractivity contribution is 5.78. The molecular formula is C24H32FN3O2. The third-order valence-corrected chi connectivity index (χ3v) is 7.06. The predicted molar refractivity (Wildman–Crippen MR) is 114 cm³/mol. The van der Waals surface area contributed by atoms with Gasteiger partial charge in [-0.05, 0) is 62.3 Å². The molecule has 0 radical (unpaired) electrons. The maximum absolute atomic E-state index is 13.9. The van der Waals surface area contributed by atoms with Crippen molar-refractivity contribution in [2.75, 3.05) is 13.1 Å². The molecule has 5 rings (SSSR count). The molecule has 4 bridgehead atoms. The number of benzene rings is 1. The number of hydrogen-bond acceptors (Lipinski definition) is 2. The summed E-state index contributed by atoms with van der Waals surface area (Å²) in [4.78, 5) is 26.7. The van der Waals surface area contributed by atoms with Gasteiger partial charge in [-0.2, -0.15) is 0 Å². The third kappa shape index (κ3) is 4.68. The molecule has 162 valence electrons. The van der Waals surface area contributed by atoms with Crippen LogP contribution in [0.15, 0.2) is 36.9 Å². The smallest absolute Gasteiger partial charge is 0.315 e. The number of hydrogen-bond donors (Lipinski definition) is 2. The van der Waals surface area contributed by atoms with Gasteiger partial charge >= 0.3 is 6.03 Å². The highest BCUT2D eigenvalue weighted by atomic mass is 19.1. The highest BCUT2D eigenvalue weighted by Crippen LogP contribution is 2.55. The Balaban J connectivity index is 1.25. The zero-order chi connectivity index (χ0) is 21.1. The van der Waals surface area contributed by atoms with Crippen LogP contribution in [0, 0.1) is 23.6 Å². The first-order chi connectivity index (χ1) is 14.5. The van der Waals surface area contributed by atoms with Gasteiger partial charge in [0.2, 0.25) is 5.91 Å². The van der Waals surface area contributed by atoms with Gasteiger partial charge in [0.25, 0.3) is 0 Å². The van der Waals surface area contributed by atoms with Crippen molar-refractivity contribution in [3.63, 3.8) is 0 Å². The van der Waals surface area contributed by atoms with Crippen molar-refractivity contribution in [1.82, 2.24) is 15.5 Å². The second-order valence-electron chi connectivity index (χ2n) is 9.48. The second-order valence-corrected chi connectivity index (χ2v) is 9.48. The summed E-state index contributed by atoms with van der Waals surface area (Å²) in [5, 5.41) is 6.12. The maximum atomic E-state index is 13.9. The lowest BCUT2D eigenvalue weighted by Crippen LogP contribution is -2.61. The lowest BCUT2D eigenvalue weighted by atomic mass is 9.53. The molecule has 3 amide bonds. The summed E-state index contributed by atoms with van der Waals surface area (Å²) >= 11 is 0. The molecular weight excluding hydrogens is 381 g/mol. The first kappa shape index (κ1) is 20.9. The average Bonchev–Trinajstić information content (AvgIpc) is 2.67. The molecule has 1 aromatic rings. The Morgan fingerprint density at radius 3 is 2.37 bits per heavy atom. The molecule has 0 saturated heterocycles. The van der Waals surface area contributed by atoms with Crippen LogP contribution in [0.5, 0.6) is 0 Å². The van der Waals surface area contributed by atoms with Crippen molar-refractivity contribution < 1.29 is 14.0 Å². The monoisotopic (exact) mass is 413 g/mol. The number of halogens is 1. The van der Waals surface area contributed by atoms with E-state index in [9.17, 15) is 14.0 Å². The van der Waals surface area contributed by atoms with Crippen LogP contribution in [0.1, 0.15) is 50.5 Å². The van der Waals surface area contributed by atoms with Gasteiger partial charge in [0.1, 0.15) is 5.82 Å². The normalized spacial score (nSPS) is 28.8. The summed E-state index contributed by atoms with van der Waals surface area (Å²) in [6.07, 6.45) is 9.10. The standard InChI is InChI=1S/C24H32FN3O2/c1-2-9-28(16-20-5-3-4-6-21(20)25)22(29)7-8-26-23(30)27-24-13-17-10-18(14-24)12-19(11-17)15-24/h2-6,17-19H,1,7-16H2,(H2,26,27,30). The van der Waals surface area contributed by atoms with Crippen molar-refractivity contribution in [2.45, 2.75) is 57.0 Å². The van der Waals surface area contributed by atoms with Crippen LogP contribution in [0.2, 0.25) is 0 Å². The summed E-state index contributed by atoms with van der Waals surface area (Å²) in [7, 11) is 0. The summed E-state index contributed by atoms with van der Waals surface area (Å²) in [6.45, 7) is 4.49. The Bertz CT molecular complexity index is 774. The molecule has 0 aromatic heterocycles. The fraction of sp³-hybridized carbons (Fsp3) is 0.583. The molecule has 1 aromatic carbocycles. The van der Waals surface area contributed by atoms with E-state index in [2.05, 4.69) is 17.2 Å². The van der Waals surface area contributed by atoms with Gasteiger partial charge < -0.3 is 15.5 Å². The van der Waals surface area contributed by atoms with Crippen molar-refractivity contribution in [1.29, 1.82) is 0 Å². The van der Waals surface area contributed by atoms with E-state index in [0.717, 1.165) is 37.0 Å². The Labute approximate surface area is 178 Å². The van der Waals surface area contributed by atoms with E-state index >= 15 is 0 Å². The minimum absolute atomic E-state index is 0.0391. The fourth-order valence-electron chi connectivity index (χ4n) is 6.23. The molecule has 2 N–H and O–H groups in total. The molecule has 0 unspecified atom stereocenters. The first-order valence-electron chi connectivity index (χ1n) is 11.1. The zero-order valence-electron chi connectivity index (χ0n) is 17.5. The lowest BCUT2D eigenvalue weighted by molar-refractivity contribution is -0.131. The van der Waals surface area contributed by atoms with Gasteiger partial charge in [-0.25, -0.2) is 9.18 Å². The Hall–Kier alpha value is -2.37. The molecule has 4 saturated carbocycles. The predicted octanol–water partition coefficient (Wildman–Crippen LogP) is 4.00. The van der Waals surface area contributed by atoms with E-state index in [4.69, 9.17) is 0 Å². The average molecular weight is 414 g/mol. The number of carbonyl (C=O) groups is 2. The van der Waals surface area contributed by atoms with Crippen molar-refractivity contribution in [3.8, 4) is 0 Å². The number of urea groups is 1. The number of carbonyl (C=O) groups excluding carboxylic acids is 2. The van der Waals surface area contributed by atoms with Crippen LogP contribution < -0.4 is 10.6 Å². The number of nitrogens with zero attached hydrogens (tertiary/aromatic N) is 1. The van der Waals surface area contributed by atoms with Gasteiger partial charge in [-0.3, -0.25) is 4.79 Å². The van der Waals surface area contributed by atoms with E-state index in [0.29, 0.717) is 12.1 Å². The van der Waals surface area contributed by atoms with Crippen LogP contribution in [-0.4, -0.2) is 35.5 Å². The van der Waals surface area contributed by atoms with E-state index in [-0.39, 0.29) is 42.8 Å². The molecule has 0 spiro atoms. The molecule has 4 aliphatic rings. The van der Waals surface area contributed by atoms with Gasteiger partial charge in [-0.15, -0.1) is 6.58 Å². The first-order valence-corrected chi connectivity index (χ1v) is 11.1. The maximum Gasteiger partial charge on any atom is 0.315 e. The third-order valence-electron chi connectivity index (χ3n) is 7.06. The summed E-state index contributed by atoms with van der Waals surface area (Å²) in [5.41, 5.74) is 0.433. The van der Waals surface area contributed by atoms with E-state index in [1.807, 2.05) is 0 Å². The zero-order valence-corrected chi connectivity index (χ0v) is 17.5. The van der Waals surface area contributed by atoms with Gasteiger partial charge in [-0.1, -0.05) is 24.3 Å². The van der Waals surface area contributed by atoms with E-state index in [1.54, 1.807) is 29.2 Å². The Morgan fingerprint density at radius 1 is 1.13 bits per heavy atom. The second kappa shape index (κ2) is 8.78. The number of nitrogens with one attached hydrogen (secondary N) is 2. The Morgan fingerprint density at radius 2 is 1.77 bits per heavy atom. The lowest BCUT2D eigenvalue weighted by Gasteiger charge is -2.56. The topological polar surface area (TPSA) is 61.4 Å². The molecule has 0 atom stereocenters. The SMILES string of the molecule is C=CCN(Cc1ccccc1F)C(=O)CCNC(=O)NC12CC3CC(CC(C3)C1)C2. The Kier molecular flexibility index (Phi) is 6.11. The summed E-state index contributed by atoms with van der Waals surface area (Å²) in [5.74, 6) is 1.85. The molecule has 4 aliphatic carbocycles. The quantitative estimate of drug-likeness (QED) is 0.633. The van der Waals surface area contributed by atoms with Crippen LogP contribution >= 0.6 is 0 Å². The molecule has 0 heterocycles. The van der Waals surface area contributed by atoms with Crippen LogP contribution in [0.3, 0.4) is 0 Å². The largest absolute Gasteiger partial charge is 0.338 e. The summed E-state index contributed by atoms with van der Waals surface area (Å²) < 4.78 is 13.9. The van der Waals surface area contributed by atoms with Gasteiger partial charge in [0.05, 0.1) is 0 Å². The van der Waals surface area contributed by atoms with Crippen LogP contribution in [0.25, 0.3) is 0 Å². The van der Waals surface area contributed by atoms with Crippen LogP contribution in [-0.2, 0) is 11.3 Å². The molecule has 0 aliphatic heterocycles. The van der Waals surface area contributed by atoms with Crippen molar-refractivity contribution >= 4 is 11.9 Å². The highest BCUT2D eigenvalue weighted by Gasteiger charge is 2.51. The summed E-state index contributed by atoms with van der Waals surface area (Å²) in [6, 6.07) is 6.28. The molecule has 4 fully saturated rings. The van der Waals surface area contributed by atoms with Crippen molar-refractivity contribution in [3.05, 3.63) is 48.3 Å².